The monoisotopic (exact) mass is 274 g/mol. The molecule has 2 aromatic carbocycles. The van der Waals surface area contributed by atoms with Crippen molar-refractivity contribution in [2.45, 2.75) is 6.92 Å². The minimum Gasteiger partial charge on any atom is -0.457 e. The molecule has 0 atom stereocenters. The Morgan fingerprint density at radius 1 is 1.30 bits per heavy atom. The molecule has 5 nitrogen and oxygen atoms in total. The molecule has 0 amide bonds. The molecule has 104 valence electrons. The summed E-state index contributed by atoms with van der Waals surface area (Å²) in [6.07, 6.45) is 0. The van der Waals surface area contributed by atoms with Gasteiger partial charge < -0.3 is 15.8 Å². The standard InChI is InChI=1S/C14H15FN4O/c1-8-5-9(16)3-4-13(8)20-10-6-11(15)14(18-2)12(7-10)19-17/h3-7,17-18H,16H2,1-2H3. The summed E-state index contributed by atoms with van der Waals surface area (Å²) in [5.41, 5.74) is 14.6. The summed E-state index contributed by atoms with van der Waals surface area (Å²) in [5, 5.41) is 5.95. The molecule has 0 saturated heterocycles. The highest BCUT2D eigenvalue weighted by Crippen LogP contribution is 2.35. The number of hydrogen-bond donors (Lipinski definition) is 3. The van der Waals surface area contributed by atoms with Gasteiger partial charge in [-0.1, -0.05) is 0 Å². The van der Waals surface area contributed by atoms with Crippen LogP contribution in [0.2, 0.25) is 0 Å². The fraction of sp³-hybridized carbons (Fsp3) is 0.143. The van der Waals surface area contributed by atoms with Crippen LogP contribution in [-0.2, 0) is 0 Å². The fourth-order valence-electron chi connectivity index (χ4n) is 1.88. The molecule has 6 heteroatoms. The lowest BCUT2D eigenvalue weighted by atomic mass is 10.2. The first kappa shape index (κ1) is 13.8. The highest BCUT2D eigenvalue weighted by Gasteiger charge is 2.11. The van der Waals surface area contributed by atoms with Crippen LogP contribution in [0.25, 0.3) is 0 Å². The van der Waals surface area contributed by atoms with Crippen molar-refractivity contribution in [3.8, 4) is 11.5 Å². The van der Waals surface area contributed by atoms with Gasteiger partial charge in [-0.15, -0.1) is 0 Å². The molecular formula is C14H15FN4O. The Hall–Kier alpha value is -2.63. The van der Waals surface area contributed by atoms with Gasteiger partial charge in [0.05, 0.1) is 5.69 Å². The summed E-state index contributed by atoms with van der Waals surface area (Å²) in [7, 11) is 1.57. The Bertz CT molecular complexity index is 658. The zero-order valence-corrected chi connectivity index (χ0v) is 11.2. The average Bonchev–Trinajstić information content (AvgIpc) is 2.41. The van der Waals surface area contributed by atoms with Crippen LogP contribution in [-0.4, -0.2) is 7.05 Å². The Kier molecular flexibility index (Phi) is 3.84. The summed E-state index contributed by atoms with van der Waals surface area (Å²) in [6.45, 7) is 1.85. The van der Waals surface area contributed by atoms with E-state index in [1.165, 1.54) is 12.1 Å². The number of nitrogen functional groups attached to an aromatic ring is 1. The average molecular weight is 274 g/mol. The van der Waals surface area contributed by atoms with Crippen molar-refractivity contribution in [3.05, 3.63) is 41.7 Å². The van der Waals surface area contributed by atoms with Crippen LogP contribution in [0.4, 0.5) is 21.5 Å². The molecule has 0 unspecified atom stereocenters. The first-order valence-corrected chi connectivity index (χ1v) is 5.98. The summed E-state index contributed by atoms with van der Waals surface area (Å²) in [5.74, 6) is 0.330. The quantitative estimate of drug-likeness (QED) is 0.576. The molecule has 20 heavy (non-hydrogen) atoms. The molecule has 0 bridgehead atoms. The second-order valence-electron chi connectivity index (χ2n) is 4.29. The molecular weight excluding hydrogens is 259 g/mol. The molecule has 0 saturated carbocycles. The van der Waals surface area contributed by atoms with E-state index in [0.717, 1.165) is 5.56 Å². The van der Waals surface area contributed by atoms with Crippen molar-refractivity contribution in [2.24, 2.45) is 5.11 Å². The molecule has 0 spiro atoms. The van der Waals surface area contributed by atoms with Gasteiger partial charge in [0.2, 0.25) is 0 Å². The van der Waals surface area contributed by atoms with E-state index in [-0.39, 0.29) is 17.1 Å². The number of ether oxygens (including phenoxy) is 1. The van der Waals surface area contributed by atoms with Crippen LogP contribution in [0.5, 0.6) is 11.5 Å². The minimum atomic E-state index is -0.524. The normalized spacial score (nSPS) is 10.2. The van der Waals surface area contributed by atoms with Crippen molar-refractivity contribution < 1.29 is 9.13 Å². The van der Waals surface area contributed by atoms with Crippen LogP contribution in [0, 0.1) is 18.3 Å². The third kappa shape index (κ3) is 2.69. The largest absolute Gasteiger partial charge is 0.457 e. The number of nitrogens with zero attached hydrogens (tertiary/aromatic N) is 1. The number of benzene rings is 2. The zero-order chi connectivity index (χ0) is 14.7. The van der Waals surface area contributed by atoms with E-state index in [1.54, 1.807) is 25.2 Å². The summed E-state index contributed by atoms with van der Waals surface area (Å²) in [4.78, 5) is 0. The second-order valence-corrected chi connectivity index (χ2v) is 4.29. The van der Waals surface area contributed by atoms with Gasteiger partial charge in [0.25, 0.3) is 0 Å². The number of nitrogens with two attached hydrogens (primary N) is 1. The third-order valence-electron chi connectivity index (χ3n) is 2.84. The number of nitrogens with one attached hydrogen (secondary N) is 2. The second kappa shape index (κ2) is 5.56. The zero-order valence-electron chi connectivity index (χ0n) is 11.2. The molecule has 0 heterocycles. The molecule has 4 N–H and O–H groups in total. The smallest absolute Gasteiger partial charge is 0.152 e. The highest BCUT2D eigenvalue weighted by molar-refractivity contribution is 5.68. The predicted octanol–water partition coefficient (Wildman–Crippen LogP) is 4.21. The predicted molar refractivity (Wildman–Crippen MR) is 76.4 cm³/mol. The maximum Gasteiger partial charge on any atom is 0.152 e. The van der Waals surface area contributed by atoms with Crippen molar-refractivity contribution >= 4 is 17.1 Å². The van der Waals surface area contributed by atoms with Crippen LogP contribution in [0.3, 0.4) is 0 Å². The Balaban J connectivity index is 2.39. The molecule has 2 aromatic rings. The lowest BCUT2D eigenvalue weighted by molar-refractivity contribution is 0.474. The van der Waals surface area contributed by atoms with Crippen molar-refractivity contribution in [3.63, 3.8) is 0 Å². The minimum absolute atomic E-state index is 0.168. The van der Waals surface area contributed by atoms with Crippen LogP contribution < -0.4 is 15.8 Å². The van der Waals surface area contributed by atoms with E-state index in [2.05, 4.69) is 10.4 Å². The van der Waals surface area contributed by atoms with Crippen molar-refractivity contribution in [1.29, 1.82) is 5.53 Å². The summed E-state index contributed by atoms with van der Waals surface area (Å²) < 4.78 is 19.5. The van der Waals surface area contributed by atoms with Gasteiger partial charge in [0.1, 0.15) is 17.2 Å². The van der Waals surface area contributed by atoms with Gasteiger partial charge in [0, 0.05) is 24.9 Å². The first-order valence-electron chi connectivity index (χ1n) is 5.98. The topological polar surface area (TPSA) is 83.5 Å². The van der Waals surface area contributed by atoms with Gasteiger partial charge >= 0.3 is 0 Å². The van der Waals surface area contributed by atoms with Crippen LogP contribution in [0.15, 0.2) is 35.4 Å². The number of rotatable bonds is 4. The fourth-order valence-corrected chi connectivity index (χ4v) is 1.88. The van der Waals surface area contributed by atoms with Gasteiger partial charge in [-0.25, -0.2) is 9.92 Å². The van der Waals surface area contributed by atoms with Crippen molar-refractivity contribution in [1.82, 2.24) is 0 Å². The van der Waals surface area contributed by atoms with Gasteiger partial charge in [-0.05, 0) is 30.7 Å². The third-order valence-corrected chi connectivity index (χ3v) is 2.84. The molecule has 0 aromatic heterocycles. The Labute approximate surface area is 116 Å². The summed E-state index contributed by atoms with van der Waals surface area (Å²) in [6, 6.07) is 7.93. The number of aryl methyl sites for hydroxylation is 1. The van der Waals surface area contributed by atoms with E-state index in [1.807, 2.05) is 6.92 Å². The SMILES string of the molecule is CNc1c(F)cc(Oc2ccc(N)cc2C)cc1N=N. The van der Waals surface area contributed by atoms with E-state index >= 15 is 0 Å². The van der Waals surface area contributed by atoms with E-state index < -0.39 is 5.82 Å². The molecule has 0 radical (unpaired) electrons. The molecule has 0 aliphatic heterocycles. The highest BCUT2D eigenvalue weighted by atomic mass is 19.1. The van der Waals surface area contributed by atoms with E-state index in [9.17, 15) is 4.39 Å². The van der Waals surface area contributed by atoms with Crippen molar-refractivity contribution in [2.75, 3.05) is 18.1 Å². The number of halogens is 1. The Morgan fingerprint density at radius 2 is 2.05 bits per heavy atom. The maximum atomic E-state index is 13.9. The van der Waals surface area contributed by atoms with Gasteiger partial charge in [-0.3, -0.25) is 0 Å². The molecule has 0 aliphatic carbocycles. The van der Waals surface area contributed by atoms with Gasteiger partial charge in [0.15, 0.2) is 5.82 Å². The molecule has 2 rings (SSSR count). The lowest BCUT2D eigenvalue weighted by Gasteiger charge is -2.12. The summed E-state index contributed by atoms with van der Waals surface area (Å²) >= 11 is 0. The van der Waals surface area contributed by atoms with Crippen LogP contribution >= 0.6 is 0 Å². The molecule has 0 aliphatic rings. The van der Waals surface area contributed by atoms with E-state index in [4.69, 9.17) is 16.0 Å². The van der Waals surface area contributed by atoms with E-state index in [0.29, 0.717) is 11.4 Å². The van der Waals surface area contributed by atoms with Gasteiger partial charge in [-0.2, -0.15) is 5.11 Å². The lowest BCUT2D eigenvalue weighted by Crippen LogP contribution is -1.95. The number of hydrogen-bond acceptors (Lipinski definition) is 5. The first-order chi connectivity index (χ1) is 9.55. The molecule has 0 fully saturated rings. The number of anilines is 2. The van der Waals surface area contributed by atoms with Crippen LogP contribution in [0.1, 0.15) is 5.56 Å². The maximum absolute atomic E-state index is 13.9. The Morgan fingerprint density at radius 3 is 2.65 bits per heavy atom.